The van der Waals surface area contributed by atoms with Crippen molar-refractivity contribution < 1.29 is 9.22 Å². The largest absolute Gasteiger partial charge is 0.409 e. The number of allylic oxidation sites excluding steroid dienone is 1. The molecule has 1 atom stereocenters. The van der Waals surface area contributed by atoms with E-state index in [-0.39, 0.29) is 16.9 Å². The van der Waals surface area contributed by atoms with Gasteiger partial charge in [-0.25, -0.2) is 0 Å². The summed E-state index contributed by atoms with van der Waals surface area (Å²) in [5.74, 6) is 0.0729. The zero-order chi connectivity index (χ0) is 11.9. The zero-order valence-corrected chi connectivity index (χ0v) is 11.8. The van der Waals surface area contributed by atoms with Gasteiger partial charge in [0.25, 0.3) is 0 Å². The van der Waals surface area contributed by atoms with E-state index in [1.165, 1.54) is 6.08 Å². The van der Waals surface area contributed by atoms with E-state index in [4.69, 9.17) is 16.0 Å². The van der Waals surface area contributed by atoms with E-state index in [1.54, 1.807) is 0 Å². The number of carbonyl (C=O) groups excluding carboxylic acids is 1. The van der Waals surface area contributed by atoms with Crippen LogP contribution in [0.5, 0.6) is 0 Å². The molecule has 0 radical (unpaired) electrons. The molecule has 1 aliphatic carbocycles. The van der Waals surface area contributed by atoms with Crippen molar-refractivity contribution in [3.8, 4) is 0 Å². The summed E-state index contributed by atoms with van der Waals surface area (Å²) in [7, 11) is -1.82. The molecule has 2 nitrogen and oxygen atoms in total. The molecule has 15 heavy (non-hydrogen) atoms. The molecule has 1 rings (SSSR count). The molecular weight excluding hydrogens is 228 g/mol. The first-order chi connectivity index (χ1) is 6.63. The Morgan fingerprint density at radius 1 is 1.47 bits per heavy atom. The van der Waals surface area contributed by atoms with Crippen molar-refractivity contribution in [2.75, 3.05) is 0 Å². The van der Waals surface area contributed by atoms with E-state index >= 15 is 0 Å². The molecule has 1 aliphatic rings. The van der Waals surface area contributed by atoms with Gasteiger partial charge in [-0.3, -0.25) is 4.79 Å². The molecule has 86 valence electrons. The van der Waals surface area contributed by atoms with Crippen molar-refractivity contribution in [3.05, 3.63) is 11.1 Å². The lowest BCUT2D eigenvalue weighted by atomic mass is 10.2. The Morgan fingerprint density at radius 2 is 2.00 bits per heavy atom. The average Bonchev–Trinajstić information content (AvgIpc) is 2.26. The molecule has 0 saturated carbocycles. The number of halogens is 1. The number of hydrogen-bond acceptors (Lipinski definition) is 2. The van der Waals surface area contributed by atoms with E-state index in [0.717, 1.165) is 0 Å². The third-order valence-corrected chi connectivity index (χ3v) is 8.07. The molecule has 4 heteroatoms. The summed E-state index contributed by atoms with van der Waals surface area (Å²) >= 11 is 5.97. The highest BCUT2D eigenvalue weighted by Crippen LogP contribution is 2.39. The summed E-state index contributed by atoms with van der Waals surface area (Å²) in [5, 5.41) is 0.709. The van der Waals surface area contributed by atoms with E-state index in [9.17, 15) is 4.79 Å². The van der Waals surface area contributed by atoms with E-state index in [1.807, 2.05) is 0 Å². The second-order valence-electron chi connectivity index (χ2n) is 5.57. The van der Waals surface area contributed by atoms with Crippen molar-refractivity contribution >= 4 is 25.7 Å². The van der Waals surface area contributed by atoms with Crippen molar-refractivity contribution in [2.24, 2.45) is 0 Å². The highest BCUT2D eigenvalue weighted by molar-refractivity contribution is 6.74. The fourth-order valence-electron chi connectivity index (χ4n) is 1.22. The SMILES string of the molecule is CC(C)(C)[Si](C)(C)O[C@H]1CC(=O)C=C1Cl. The van der Waals surface area contributed by atoms with Gasteiger partial charge in [-0.2, -0.15) is 0 Å². The van der Waals surface area contributed by atoms with E-state index in [0.29, 0.717) is 11.5 Å². The van der Waals surface area contributed by atoms with E-state index in [2.05, 4.69) is 33.9 Å². The van der Waals surface area contributed by atoms with Crippen molar-refractivity contribution in [2.45, 2.75) is 51.4 Å². The van der Waals surface area contributed by atoms with Crippen LogP contribution < -0.4 is 0 Å². The molecule has 0 saturated heterocycles. The van der Waals surface area contributed by atoms with Gasteiger partial charge in [0.1, 0.15) is 0 Å². The highest BCUT2D eigenvalue weighted by atomic mass is 35.5. The predicted octanol–water partition coefficient (Wildman–Crippen LogP) is 3.47. The Balaban J connectivity index is 2.72. The summed E-state index contributed by atoms with van der Waals surface area (Å²) in [6.45, 7) is 10.9. The Bertz CT molecular complexity index is 302. The Kier molecular flexibility index (Phi) is 3.48. The summed E-state index contributed by atoms with van der Waals surface area (Å²) in [5.41, 5.74) is 0. The van der Waals surface area contributed by atoms with Gasteiger partial charge < -0.3 is 4.43 Å². The molecule has 0 aliphatic heterocycles. The quantitative estimate of drug-likeness (QED) is 0.698. The lowest BCUT2D eigenvalue weighted by Crippen LogP contribution is -2.43. The summed E-state index contributed by atoms with van der Waals surface area (Å²) in [6.07, 6.45) is 1.70. The Labute approximate surface area is 97.8 Å². The van der Waals surface area contributed by atoms with Crippen LogP contribution in [0.1, 0.15) is 27.2 Å². The smallest absolute Gasteiger partial charge is 0.192 e. The van der Waals surface area contributed by atoms with E-state index < -0.39 is 8.32 Å². The van der Waals surface area contributed by atoms with Gasteiger partial charge >= 0.3 is 0 Å². The standard InChI is InChI=1S/C11H19ClO2Si/c1-11(2,3)15(4,5)14-10-7-8(13)6-9(10)12/h6,10H,7H2,1-5H3/t10-/m0/s1. The summed E-state index contributed by atoms with van der Waals surface area (Å²) < 4.78 is 6.06. The van der Waals surface area contributed by atoms with Crippen molar-refractivity contribution in [1.29, 1.82) is 0 Å². The van der Waals surface area contributed by atoms with Crippen LogP contribution in [-0.2, 0) is 9.22 Å². The van der Waals surface area contributed by atoms with Crippen LogP contribution in [0.15, 0.2) is 11.1 Å². The first-order valence-electron chi connectivity index (χ1n) is 5.21. The van der Waals surface area contributed by atoms with Crippen LogP contribution >= 0.6 is 11.6 Å². The first kappa shape index (κ1) is 12.9. The van der Waals surface area contributed by atoms with Crippen LogP contribution in [0, 0.1) is 0 Å². The number of carbonyl (C=O) groups is 1. The van der Waals surface area contributed by atoms with Crippen LogP contribution in [-0.4, -0.2) is 20.2 Å². The summed E-state index contributed by atoms with van der Waals surface area (Å²) in [4.78, 5) is 11.2. The molecular formula is C11H19ClO2Si. The molecule has 0 heterocycles. The maximum Gasteiger partial charge on any atom is 0.192 e. The minimum Gasteiger partial charge on any atom is -0.409 e. The van der Waals surface area contributed by atoms with Crippen molar-refractivity contribution in [1.82, 2.24) is 0 Å². The topological polar surface area (TPSA) is 26.3 Å². The van der Waals surface area contributed by atoms with Crippen LogP contribution in [0.2, 0.25) is 18.1 Å². The lowest BCUT2D eigenvalue weighted by molar-refractivity contribution is -0.114. The van der Waals surface area contributed by atoms with Gasteiger partial charge in [0, 0.05) is 11.5 Å². The third-order valence-electron chi connectivity index (χ3n) is 3.24. The normalized spacial score (nSPS) is 23.2. The first-order valence-corrected chi connectivity index (χ1v) is 8.50. The second kappa shape index (κ2) is 4.04. The minimum atomic E-state index is -1.82. The number of rotatable bonds is 2. The van der Waals surface area contributed by atoms with Crippen LogP contribution in [0.3, 0.4) is 0 Å². The van der Waals surface area contributed by atoms with Crippen LogP contribution in [0.25, 0.3) is 0 Å². The fraction of sp³-hybridized carbons (Fsp3) is 0.727. The third kappa shape index (κ3) is 2.92. The van der Waals surface area contributed by atoms with Gasteiger partial charge in [-0.05, 0) is 24.2 Å². The predicted molar refractivity (Wildman–Crippen MR) is 65.6 cm³/mol. The lowest BCUT2D eigenvalue weighted by Gasteiger charge is -2.38. The second-order valence-corrected chi connectivity index (χ2v) is 10.8. The zero-order valence-electron chi connectivity index (χ0n) is 10.1. The molecule has 0 bridgehead atoms. The van der Waals surface area contributed by atoms with Crippen molar-refractivity contribution in [3.63, 3.8) is 0 Å². The molecule has 0 aromatic heterocycles. The number of hydrogen-bond donors (Lipinski definition) is 0. The molecule has 0 unspecified atom stereocenters. The van der Waals surface area contributed by atoms with Gasteiger partial charge in [0.2, 0.25) is 0 Å². The van der Waals surface area contributed by atoms with Crippen LogP contribution in [0.4, 0.5) is 0 Å². The molecule has 0 N–H and O–H groups in total. The molecule has 0 aromatic carbocycles. The average molecular weight is 247 g/mol. The Hall–Kier alpha value is -0.123. The maximum absolute atomic E-state index is 11.2. The van der Waals surface area contributed by atoms with Gasteiger partial charge in [0.15, 0.2) is 14.1 Å². The monoisotopic (exact) mass is 246 g/mol. The minimum absolute atomic E-state index is 0.0729. The number of ketones is 1. The highest BCUT2D eigenvalue weighted by Gasteiger charge is 2.41. The molecule has 0 spiro atoms. The van der Waals surface area contributed by atoms with Gasteiger partial charge in [-0.15, -0.1) is 0 Å². The molecule has 0 fully saturated rings. The fourth-order valence-corrected chi connectivity index (χ4v) is 2.81. The van der Waals surface area contributed by atoms with Gasteiger partial charge in [-0.1, -0.05) is 32.4 Å². The molecule has 0 amide bonds. The van der Waals surface area contributed by atoms with Gasteiger partial charge in [0.05, 0.1) is 6.10 Å². The summed E-state index contributed by atoms with van der Waals surface area (Å²) in [6, 6.07) is 0. The maximum atomic E-state index is 11.2. The molecule has 0 aromatic rings. The Morgan fingerprint density at radius 3 is 2.33 bits per heavy atom.